The molecule has 0 atom stereocenters. The van der Waals surface area contributed by atoms with Crippen LogP contribution in [0.1, 0.15) is 0 Å². The Labute approximate surface area is 275 Å². The Morgan fingerprint density at radius 1 is 0.447 bits per heavy atom. The van der Waals surface area contributed by atoms with Crippen LogP contribution >= 0.6 is 11.3 Å². The zero-order valence-corrected chi connectivity index (χ0v) is 26.2. The average Bonchev–Trinajstić information content (AvgIpc) is 3.71. The molecule has 0 aliphatic heterocycles. The fraction of sp³-hybridized carbons (Fsp3) is 0. The predicted octanol–water partition coefficient (Wildman–Crippen LogP) is 13.4. The third-order valence-corrected chi connectivity index (χ3v) is 10.6. The van der Waals surface area contributed by atoms with Crippen molar-refractivity contribution < 1.29 is 4.42 Å². The molecule has 10 aromatic rings. The molecule has 0 aliphatic rings. The summed E-state index contributed by atoms with van der Waals surface area (Å²) in [6.45, 7) is 0. The molecule has 0 N–H and O–H groups in total. The summed E-state index contributed by atoms with van der Waals surface area (Å²) >= 11 is 1.85. The van der Waals surface area contributed by atoms with Gasteiger partial charge in [0.05, 0.1) is 16.8 Å². The number of hydrogen-bond donors (Lipinski definition) is 0. The van der Waals surface area contributed by atoms with Crippen LogP contribution in [0, 0.1) is 0 Å². The van der Waals surface area contributed by atoms with E-state index in [0.29, 0.717) is 0 Å². The number of hydrogen-bond acceptors (Lipinski definition) is 3. The van der Waals surface area contributed by atoms with Crippen LogP contribution in [0.25, 0.3) is 74.8 Å². The second-order valence-corrected chi connectivity index (χ2v) is 13.2. The Kier molecular flexibility index (Phi) is 5.78. The summed E-state index contributed by atoms with van der Waals surface area (Å²) in [4.78, 5) is 2.46. The molecule has 2 nitrogen and oxygen atoms in total. The molecule has 0 saturated heterocycles. The van der Waals surface area contributed by atoms with Crippen LogP contribution in [0.5, 0.6) is 0 Å². The van der Waals surface area contributed by atoms with E-state index in [0.717, 1.165) is 50.1 Å². The summed E-state index contributed by atoms with van der Waals surface area (Å²) in [7, 11) is 0. The van der Waals surface area contributed by atoms with Crippen LogP contribution in [0.2, 0.25) is 0 Å². The van der Waals surface area contributed by atoms with Crippen molar-refractivity contribution in [3.05, 3.63) is 164 Å². The quantitative estimate of drug-likeness (QED) is 0.183. The van der Waals surface area contributed by atoms with Gasteiger partial charge in [-0.3, -0.25) is 0 Å². The van der Waals surface area contributed by atoms with E-state index in [1.807, 2.05) is 11.3 Å². The van der Waals surface area contributed by atoms with Crippen LogP contribution < -0.4 is 4.90 Å². The first kappa shape index (κ1) is 26.3. The van der Waals surface area contributed by atoms with Gasteiger partial charge in [-0.1, -0.05) is 115 Å². The maximum absolute atomic E-state index is 6.75. The molecule has 8 aromatic carbocycles. The van der Waals surface area contributed by atoms with Crippen molar-refractivity contribution in [3.8, 4) is 11.1 Å². The minimum atomic E-state index is 0.884. The highest BCUT2D eigenvalue weighted by Crippen LogP contribution is 2.49. The standard InChI is InChI=1S/C44H27NOS/c1-2-11-28(12-3-1)33-24-25-38(43-35-17-6-8-19-39(35)46-44(33)43)45(31-23-26-41-36(27-31)34-16-7-9-20-40(34)47-41)37-18-10-14-30-22-21-29-13-4-5-15-32(29)42(30)37/h1-27H. The van der Waals surface area contributed by atoms with E-state index in [1.165, 1.54) is 41.7 Å². The number of fused-ring (bicyclic) bond motifs is 9. The topological polar surface area (TPSA) is 16.4 Å². The summed E-state index contributed by atoms with van der Waals surface area (Å²) in [5, 5.41) is 9.67. The second-order valence-electron chi connectivity index (χ2n) is 12.1. The first-order valence-electron chi connectivity index (χ1n) is 15.9. The maximum atomic E-state index is 6.75. The average molecular weight is 618 g/mol. The summed E-state index contributed by atoms with van der Waals surface area (Å²) in [5.74, 6) is 0. The number of thiophene rings is 1. The van der Waals surface area contributed by atoms with Crippen LogP contribution in [-0.4, -0.2) is 0 Å². The van der Waals surface area contributed by atoms with E-state index in [9.17, 15) is 0 Å². The molecule has 0 bridgehead atoms. The highest BCUT2D eigenvalue weighted by atomic mass is 32.1. The van der Waals surface area contributed by atoms with Crippen molar-refractivity contribution in [3.63, 3.8) is 0 Å². The van der Waals surface area contributed by atoms with Crippen LogP contribution in [0.3, 0.4) is 0 Å². The predicted molar refractivity (Wildman–Crippen MR) is 202 cm³/mol. The lowest BCUT2D eigenvalue weighted by molar-refractivity contribution is 0.670. The molecule has 2 aromatic heterocycles. The summed E-state index contributed by atoms with van der Waals surface area (Å²) in [6, 6.07) is 59.0. The monoisotopic (exact) mass is 617 g/mol. The zero-order chi connectivity index (χ0) is 30.9. The normalized spacial score (nSPS) is 11.8. The molecule has 0 saturated carbocycles. The molecule has 0 fully saturated rings. The van der Waals surface area contributed by atoms with Gasteiger partial charge in [-0.15, -0.1) is 11.3 Å². The van der Waals surface area contributed by atoms with Crippen LogP contribution in [-0.2, 0) is 0 Å². The highest BCUT2D eigenvalue weighted by Gasteiger charge is 2.24. The van der Waals surface area contributed by atoms with Crippen molar-refractivity contribution in [2.75, 3.05) is 4.90 Å². The molecular weight excluding hydrogens is 591 g/mol. The largest absolute Gasteiger partial charge is 0.455 e. The number of benzene rings is 8. The number of anilines is 3. The van der Waals surface area contributed by atoms with Gasteiger partial charge in [0.1, 0.15) is 11.2 Å². The smallest absolute Gasteiger partial charge is 0.145 e. The molecule has 3 heteroatoms. The summed E-state index contributed by atoms with van der Waals surface area (Å²) < 4.78 is 9.34. The van der Waals surface area contributed by atoms with E-state index in [2.05, 4.69) is 169 Å². The molecule has 2 heterocycles. The Hall–Kier alpha value is -5.90. The summed E-state index contributed by atoms with van der Waals surface area (Å²) in [5.41, 5.74) is 7.34. The highest BCUT2D eigenvalue weighted by molar-refractivity contribution is 7.25. The molecule has 0 amide bonds. The van der Waals surface area contributed by atoms with Crippen LogP contribution in [0.4, 0.5) is 17.1 Å². The van der Waals surface area contributed by atoms with Gasteiger partial charge in [0.15, 0.2) is 0 Å². The zero-order valence-electron chi connectivity index (χ0n) is 25.4. The van der Waals surface area contributed by atoms with Gasteiger partial charge < -0.3 is 9.32 Å². The van der Waals surface area contributed by atoms with Crippen molar-refractivity contribution in [1.82, 2.24) is 0 Å². The van der Waals surface area contributed by atoms with Gasteiger partial charge in [0.25, 0.3) is 0 Å². The molecule has 220 valence electrons. The van der Waals surface area contributed by atoms with E-state index >= 15 is 0 Å². The minimum Gasteiger partial charge on any atom is -0.455 e. The Morgan fingerprint density at radius 3 is 2.06 bits per heavy atom. The molecule has 0 radical (unpaired) electrons. The SMILES string of the molecule is c1ccc(-c2ccc(N(c3ccc4sc5ccccc5c4c3)c3cccc4ccc5ccccc5c34)c3c2oc2ccccc23)cc1. The molecule has 0 aliphatic carbocycles. The van der Waals surface area contributed by atoms with E-state index in [1.54, 1.807) is 0 Å². The lowest BCUT2D eigenvalue weighted by atomic mass is 9.97. The fourth-order valence-corrected chi connectivity index (χ4v) is 8.42. The maximum Gasteiger partial charge on any atom is 0.145 e. The van der Waals surface area contributed by atoms with Gasteiger partial charge in [-0.2, -0.15) is 0 Å². The third kappa shape index (κ3) is 4.04. The van der Waals surface area contributed by atoms with Gasteiger partial charge in [-0.05, 0) is 70.3 Å². The number of para-hydroxylation sites is 1. The summed E-state index contributed by atoms with van der Waals surface area (Å²) in [6.07, 6.45) is 0. The first-order chi connectivity index (χ1) is 23.3. The lowest BCUT2D eigenvalue weighted by Gasteiger charge is -2.28. The molecule has 0 unspecified atom stereocenters. The first-order valence-corrected chi connectivity index (χ1v) is 16.7. The van der Waals surface area contributed by atoms with E-state index < -0.39 is 0 Å². The van der Waals surface area contributed by atoms with Crippen molar-refractivity contribution >= 4 is 92.1 Å². The molecular formula is C44H27NOS. The number of rotatable bonds is 4. The Bertz CT molecular complexity index is 2810. The van der Waals surface area contributed by atoms with Gasteiger partial charge in [-0.25, -0.2) is 0 Å². The van der Waals surface area contributed by atoms with Crippen molar-refractivity contribution in [1.29, 1.82) is 0 Å². The van der Waals surface area contributed by atoms with E-state index in [-0.39, 0.29) is 0 Å². The van der Waals surface area contributed by atoms with Crippen molar-refractivity contribution in [2.24, 2.45) is 0 Å². The fourth-order valence-electron chi connectivity index (χ4n) is 7.33. The van der Waals surface area contributed by atoms with E-state index in [4.69, 9.17) is 4.42 Å². The second kappa shape index (κ2) is 10.3. The van der Waals surface area contributed by atoms with Crippen molar-refractivity contribution in [2.45, 2.75) is 0 Å². The third-order valence-electron chi connectivity index (χ3n) is 9.44. The van der Waals surface area contributed by atoms with Gasteiger partial charge >= 0.3 is 0 Å². The molecule has 0 spiro atoms. The Morgan fingerprint density at radius 2 is 1.15 bits per heavy atom. The molecule has 47 heavy (non-hydrogen) atoms. The van der Waals surface area contributed by atoms with Gasteiger partial charge in [0, 0.05) is 42.2 Å². The Balaban J connectivity index is 1.35. The number of nitrogens with zero attached hydrogens (tertiary/aromatic N) is 1. The molecule has 10 rings (SSSR count). The minimum absolute atomic E-state index is 0.884. The lowest BCUT2D eigenvalue weighted by Crippen LogP contribution is -2.11. The van der Waals surface area contributed by atoms with Crippen LogP contribution in [0.15, 0.2) is 168 Å². The van der Waals surface area contributed by atoms with Gasteiger partial charge in [0.2, 0.25) is 0 Å². The number of furan rings is 1.